The van der Waals surface area contributed by atoms with Crippen molar-refractivity contribution in [3.05, 3.63) is 40.8 Å². The van der Waals surface area contributed by atoms with E-state index < -0.39 is 0 Å². The molecule has 0 saturated heterocycles. The van der Waals surface area contributed by atoms with Crippen molar-refractivity contribution in [3.63, 3.8) is 0 Å². The van der Waals surface area contributed by atoms with Gasteiger partial charge in [0.1, 0.15) is 0 Å². The minimum atomic E-state index is 1.08. The molecule has 0 atom stereocenters. The van der Waals surface area contributed by atoms with Crippen LogP contribution in [0, 0.1) is 13.8 Å². The number of aromatic nitrogens is 5. The van der Waals surface area contributed by atoms with Gasteiger partial charge in [-0.3, -0.25) is 10.2 Å². The monoisotopic (exact) mass is 317 g/mol. The van der Waals surface area contributed by atoms with Crippen molar-refractivity contribution in [2.75, 3.05) is 0 Å². The fourth-order valence-electron chi connectivity index (χ4n) is 4.10. The van der Waals surface area contributed by atoms with Crippen molar-refractivity contribution >= 4 is 21.8 Å². The third-order valence-corrected chi connectivity index (χ3v) is 5.27. The van der Waals surface area contributed by atoms with Crippen LogP contribution in [0.5, 0.6) is 0 Å². The standard InChI is InChI=1S/C19H19N5/c1-10-7-16-15(9-21-24-16)17-12-5-3-4-6-13(12)19(22-18(10)17)14-8-20-23-11(14)2/h7-9H,3-6H2,1-2H3,(H,20,23)(H,21,24). The zero-order valence-corrected chi connectivity index (χ0v) is 13.9. The Balaban J connectivity index is 1.98. The number of rotatable bonds is 1. The lowest BCUT2D eigenvalue weighted by Gasteiger charge is -2.22. The maximum Gasteiger partial charge on any atom is 0.0778 e. The maximum atomic E-state index is 5.12. The zero-order valence-electron chi connectivity index (χ0n) is 13.9. The second-order valence-corrected chi connectivity index (χ2v) is 6.78. The lowest BCUT2D eigenvalue weighted by Crippen LogP contribution is -2.08. The first-order chi connectivity index (χ1) is 11.7. The second kappa shape index (κ2) is 4.90. The van der Waals surface area contributed by atoms with E-state index in [1.165, 1.54) is 40.3 Å². The summed E-state index contributed by atoms with van der Waals surface area (Å²) in [5.74, 6) is 0. The molecule has 0 fully saturated rings. The van der Waals surface area contributed by atoms with Crippen molar-refractivity contribution in [2.45, 2.75) is 39.5 Å². The summed E-state index contributed by atoms with van der Waals surface area (Å²) in [6.45, 7) is 4.20. The van der Waals surface area contributed by atoms with Gasteiger partial charge in [0.05, 0.1) is 29.1 Å². The Morgan fingerprint density at radius 1 is 0.958 bits per heavy atom. The van der Waals surface area contributed by atoms with Gasteiger partial charge in [-0.25, -0.2) is 4.98 Å². The predicted molar refractivity (Wildman–Crippen MR) is 95.1 cm³/mol. The van der Waals surface area contributed by atoms with Gasteiger partial charge in [-0.05, 0) is 62.3 Å². The second-order valence-electron chi connectivity index (χ2n) is 6.78. The van der Waals surface area contributed by atoms with Crippen LogP contribution in [0.4, 0.5) is 0 Å². The van der Waals surface area contributed by atoms with Crippen LogP contribution in [0.3, 0.4) is 0 Å². The molecule has 24 heavy (non-hydrogen) atoms. The first-order valence-electron chi connectivity index (χ1n) is 8.52. The molecule has 4 aromatic rings. The van der Waals surface area contributed by atoms with Crippen LogP contribution in [0.2, 0.25) is 0 Å². The van der Waals surface area contributed by atoms with Crippen LogP contribution >= 0.6 is 0 Å². The molecule has 0 spiro atoms. The number of nitrogens with zero attached hydrogens (tertiary/aromatic N) is 3. The van der Waals surface area contributed by atoms with Gasteiger partial charge >= 0.3 is 0 Å². The molecular weight excluding hydrogens is 298 g/mol. The van der Waals surface area contributed by atoms with Crippen molar-refractivity contribution in [3.8, 4) is 11.3 Å². The van der Waals surface area contributed by atoms with E-state index in [9.17, 15) is 0 Å². The van der Waals surface area contributed by atoms with Crippen molar-refractivity contribution in [1.29, 1.82) is 0 Å². The van der Waals surface area contributed by atoms with Crippen LogP contribution < -0.4 is 0 Å². The average molecular weight is 317 g/mol. The number of aromatic amines is 2. The average Bonchev–Trinajstić information content (AvgIpc) is 3.22. The first-order valence-corrected chi connectivity index (χ1v) is 8.52. The van der Waals surface area contributed by atoms with Crippen molar-refractivity contribution < 1.29 is 0 Å². The third-order valence-electron chi connectivity index (χ3n) is 5.27. The van der Waals surface area contributed by atoms with Gasteiger partial charge in [0.2, 0.25) is 0 Å². The fourth-order valence-corrected chi connectivity index (χ4v) is 4.10. The van der Waals surface area contributed by atoms with Gasteiger partial charge in [0.25, 0.3) is 0 Å². The van der Waals surface area contributed by atoms with Crippen LogP contribution in [0.15, 0.2) is 18.5 Å². The summed E-state index contributed by atoms with van der Waals surface area (Å²) >= 11 is 0. The minimum absolute atomic E-state index is 1.08. The lowest BCUT2D eigenvalue weighted by atomic mass is 9.85. The molecule has 5 nitrogen and oxygen atoms in total. The molecule has 5 rings (SSSR count). The van der Waals surface area contributed by atoms with Gasteiger partial charge < -0.3 is 0 Å². The van der Waals surface area contributed by atoms with Crippen molar-refractivity contribution in [2.24, 2.45) is 0 Å². The van der Waals surface area contributed by atoms with E-state index in [4.69, 9.17) is 4.98 Å². The van der Waals surface area contributed by atoms with E-state index in [1.54, 1.807) is 0 Å². The smallest absolute Gasteiger partial charge is 0.0778 e. The molecule has 0 bridgehead atoms. The molecular formula is C19H19N5. The Kier molecular flexibility index (Phi) is 2.80. The quantitative estimate of drug-likeness (QED) is 0.557. The molecule has 2 N–H and O–H groups in total. The van der Waals surface area contributed by atoms with Gasteiger partial charge in [0.15, 0.2) is 0 Å². The van der Waals surface area contributed by atoms with E-state index in [0.717, 1.165) is 40.8 Å². The number of aryl methyl sites for hydroxylation is 3. The molecule has 1 aliphatic carbocycles. The Bertz CT molecular complexity index is 1090. The normalized spacial score (nSPS) is 14.4. The highest BCUT2D eigenvalue weighted by Gasteiger charge is 2.23. The third kappa shape index (κ3) is 1.78. The number of pyridine rings is 1. The van der Waals surface area contributed by atoms with Crippen LogP contribution in [-0.2, 0) is 12.8 Å². The molecule has 1 aromatic carbocycles. The highest BCUT2D eigenvalue weighted by Crippen LogP contribution is 2.39. The molecule has 3 aromatic heterocycles. The van der Waals surface area contributed by atoms with E-state index >= 15 is 0 Å². The summed E-state index contributed by atoms with van der Waals surface area (Å²) in [6.07, 6.45) is 8.52. The van der Waals surface area contributed by atoms with E-state index in [0.29, 0.717) is 0 Å². The van der Waals surface area contributed by atoms with Crippen LogP contribution in [-0.4, -0.2) is 25.4 Å². The zero-order chi connectivity index (χ0) is 16.3. The predicted octanol–water partition coefficient (Wildman–Crippen LogP) is 4.00. The molecule has 0 radical (unpaired) electrons. The first kappa shape index (κ1) is 13.7. The number of nitrogens with one attached hydrogen (secondary N) is 2. The maximum absolute atomic E-state index is 5.12. The van der Waals surface area contributed by atoms with Gasteiger partial charge in [0, 0.05) is 22.0 Å². The molecule has 120 valence electrons. The summed E-state index contributed by atoms with van der Waals surface area (Å²) in [5, 5.41) is 17.1. The van der Waals surface area contributed by atoms with E-state index in [1.807, 2.05) is 12.4 Å². The fraction of sp³-hybridized carbons (Fsp3) is 0.316. The molecule has 5 heteroatoms. The van der Waals surface area contributed by atoms with E-state index in [-0.39, 0.29) is 0 Å². The summed E-state index contributed by atoms with van der Waals surface area (Å²) < 4.78 is 0. The summed E-state index contributed by atoms with van der Waals surface area (Å²) in [7, 11) is 0. The van der Waals surface area contributed by atoms with E-state index in [2.05, 4.69) is 40.3 Å². The topological polar surface area (TPSA) is 70.2 Å². The SMILES string of the molecule is Cc1[nH]ncc1-c1nc2c(C)cc3[nH]ncc3c2c2c1CCCC2. The Labute approximate surface area is 139 Å². The van der Waals surface area contributed by atoms with Crippen molar-refractivity contribution in [1.82, 2.24) is 25.4 Å². The molecule has 0 aliphatic heterocycles. The molecule has 0 amide bonds. The van der Waals surface area contributed by atoms with Gasteiger partial charge in [-0.1, -0.05) is 0 Å². The number of hydrogen-bond acceptors (Lipinski definition) is 3. The Morgan fingerprint density at radius 2 is 1.75 bits per heavy atom. The molecule has 3 heterocycles. The highest BCUT2D eigenvalue weighted by molar-refractivity contribution is 6.09. The Hall–Kier alpha value is -2.69. The number of H-pyrrole nitrogens is 2. The summed E-state index contributed by atoms with van der Waals surface area (Å²) in [5.41, 5.74) is 9.55. The number of benzene rings is 1. The minimum Gasteiger partial charge on any atom is -0.282 e. The lowest BCUT2D eigenvalue weighted by molar-refractivity contribution is 0.689. The van der Waals surface area contributed by atoms with Gasteiger partial charge in [-0.15, -0.1) is 0 Å². The molecule has 0 unspecified atom stereocenters. The molecule has 1 aliphatic rings. The molecule has 0 saturated carbocycles. The highest BCUT2D eigenvalue weighted by atomic mass is 15.1. The summed E-state index contributed by atoms with van der Waals surface area (Å²) in [6, 6.07) is 2.15. The van der Waals surface area contributed by atoms with Crippen LogP contribution in [0.1, 0.15) is 35.2 Å². The Morgan fingerprint density at radius 3 is 2.54 bits per heavy atom. The number of fused-ring (bicyclic) bond motifs is 5. The summed E-state index contributed by atoms with van der Waals surface area (Å²) in [4.78, 5) is 5.12. The number of hydrogen-bond donors (Lipinski definition) is 2. The largest absolute Gasteiger partial charge is 0.282 e. The van der Waals surface area contributed by atoms with Crippen LogP contribution in [0.25, 0.3) is 33.1 Å². The van der Waals surface area contributed by atoms with Gasteiger partial charge in [-0.2, -0.15) is 10.2 Å².